The molecule has 1 atom stereocenters. The minimum Gasteiger partial charge on any atom is -0.507 e. The van der Waals surface area contributed by atoms with E-state index >= 15 is 0 Å². The molecule has 1 saturated carbocycles. The van der Waals surface area contributed by atoms with Crippen molar-refractivity contribution in [3.63, 3.8) is 0 Å². The molecule has 1 aromatic rings. The lowest BCUT2D eigenvalue weighted by molar-refractivity contribution is -0.126. The topological polar surface area (TPSA) is 120 Å². The molecular weight excluding hydrogens is 428 g/mol. The SMILES string of the molecule is Cc1c(C)c2c(c(C)c1O)CCC(C)(CCNC(=O)C1CCC(CNC(=N)N)CC1)O2.Cl. The van der Waals surface area contributed by atoms with Gasteiger partial charge in [-0.05, 0) is 88.8 Å². The van der Waals surface area contributed by atoms with Crippen LogP contribution in [-0.2, 0) is 11.2 Å². The number of amides is 1. The molecule has 0 saturated heterocycles. The molecule has 1 heterocycles. The number of hydrogen-bond acceptors (Lipinski definition) is 4. The van der Waals surface area contributed by atoms with Gasteiger partial charge < -0.3 is 26.2 Å². The first kappa shape index (κ1) is 26.1. The third kappa shape index (κ3) is 5.80. The molecule has 0 radical (unpaired) electrons. The Labute approximate surface area is 197 Å². The Morgan fingerprint density at radius 2 is 1.81 bits per heavy atom. The van der Waals surface area contributed by atoms with Crippen molar-refractivity contribution in [2.24, 2.45) is 17.6 Å². The van der Waals surface area contributed by atoms with Crippen molar-refractivity contribution in [3.05, 3.63) is 22.3 Å². The summed E-state index contributed by atoms with van der Waals surface area (Å²) < 4.78 is 6.46. The highest BCUT2D eigenvalue weighted by Crippen LogP contribution is 2.44. The van der Waals surface area contributed by atoms with E-state index in [2.05, 4.69) is 17.6 Å². The molecule has 1 aliphatic heterocycles. The normalized spacial score (nSPS) is 24.5. The Morgan fingerprint density at radius 3 is 2.44 bits per heavy atom. The van der Waals surface area contributed by atoms with Crippen LogP contribution >= 0.6 is 12.4 Å². The number of carbonyl (C=O) groups excluding carboxylic acids is 1. The number of ether oxygens (including phenoxy) is 1. The zero-order valence-electron chi connectivity index (χ0n) is 19.8. The summed E-state index contributed by atoms with van der Waals surface area (Å²) in [6.45, 7) is 9.33. The van der Waals surface area contributed by atoms with Crippen LogP contribution in [0.2, 0.25) is 0 Å². The predicted molar refractivity (Wildman–Crippen MR) is 130 cm³/mol. The van der Waals surface area contributed by atoms with Crippen LogP contribution in [-0.4, -0.2) is 35.7 Å². The van der Waals surface area contributed by atoms with Crippen molar-refractivity contribution >= 4 is 24.3 Å². The van der Waals surface area contributed by atoms with E-state index < -0.39 is 0 Å². The lowest BCUT2D eigenvalue weighted by Crippen LogP contribution is -2.42. The zero-order chi connectivity index (χ0) is 22.8. The van der Waals surface area contributed by atoms with Gasteiger partial charge in [-0.15, -0.1) is 12.4 Å². The Morgan fingerprint density at radius 1 is 1.16 bits per heavy atom. The number of aromatic hydroxyl groups is 1. The lowest BCUT2D eigenvalue weighted by atomic mass is 9.81. The highest BCUT2D eigenvalue weighted by molar-refractivity contribution is 5.85. The van der Waals surface area contributed by atoms with Crippen molar-refractivity contribution in [3.8, 4) is 11.5 Å². The minimum absolute atomic E-state index is 0. The van der Waals surface area contributed by atoms with Crippen molar-refractivity contribution in [1.82, 2.24) is 10.6 Å². The summed E-state index contributed by atoms with van der Waals surface area (Å²) in [6, 6.07) is 0. The predicted octanol–water partition coefficient (Wildman–Crippen LogP) is 3.62. The molecule has 0 spiro atoms. The van der Waals surface area contributed by atoms with Crippen LogP contribution < -0.4 is 21.1 Å². The largest absolute Gasteiger partial charge is 0.507 e. The molecule has 2 aliphatic rings. The van der Waals surface area contributed by atoms with E-state index in [1.807, 2.05) is 20.8 Å². The van der Waals surface area contributed by atoms with Crippen LogP contribution in [0.25, 0.3) is 0 Å². The first-order chi connectivity index (χ1) is 14.6. The second-order valence-electron chi connectivity index (χ2n) is 9.64. The van der Waals surface area contributed by atoms with Gasteiger partial charge in [-0.3, -0.25) is 10.2 Å². The maximum atomic E-state index is 12.6. The average molecular weight is 467 g/mol. The Hall–Kier alpha value is -2.15. The number of phenolic OH excluding ortho intramolecular Hbond substituents is 1. The molecule has 6 N–H and O–H groups in total. The van der Waals surface area contributed by atoms with Gasteiger partial charge >= 0.3 is 0 Å². The fourth-order valence-electron chi connectivity index (χ4n) is 4.95. The molecule has 0 aromatic heterocycles. The molecule has 7 nitrogen and oxygen atoms in total. The fraction of sp³-hybridized carbons (Fsp3) is 0.667. The number of phenols is 1. The summed E-state index contributed by atoms with van der Waals surface area (Å²) in [5.74, 6) is 2.00. The first-order valence-electron chi connectivity index (χ1n) is 11.5. The van der Waals surface area contributed by atoms with Crippen LogP contribution in [0.1, 0.15) is 67.7 Å². The van der Waals surface area contributed by atoms with Crippen LogP contribution in [0.4, 0.5) is 0 Å². The maximum Gasteiger partial charge on any atom is 0.223 e. The highest BCUT2D eigenvalue weighted by atomic mass is 35.5. The van der Waals surface area contributed by atoms with E-state index in [0.29, 0.717) is 18.2 Å². The molecule has 1 aliphatic carbocycles. The first-order valence-corrected chi connectivity index (χ1v) is 11.5. The van der Waals surface area contributed by atoms with Crippen molar-refractivity contribution in [2.75, 3.05) is 13.1 Å². The van der Waals surface area contributed by atoms with Gasteiger partial charge in [-0.25, -0.2) is 0 Å². The Balaban J connectivity index is 0.00000363. The average Bonchev–Trinajstić information content (AvgIpc) is 2.75. The molecule has 3 rings (SSSR count). The third-order valence-electron chi connectivity index (χ3n) is 7.34. The van der Waals surface area contributed by atoms with Crippen LogP contribution in [0, 0.1) is 38.0 Å². The van der Waals surface area contributed by atoms with Gasteiger partial charge in [0.15, 0.2) is 5.96 Å². The number of carbonyl (C=O) groups is 1. The van der Waals surface area contributed by atoms with Gasteiger partial charge in [-0.2, -0.15) is 0 Å². The number of nitrogens with two attached hydrogens (primary N) is 1. The van der Waals surface area contributed by atoms with Gasteiger partial charge in [0, 0.05) is 31.0 Å². The van der Waals surface area contributed by atoms with E-state index in [-0.39, 0.29) is 35.8 Å². The molecule has 1 amide bonds. The van der Waals surface area contributed by atoms with Gasteiger partial charge in [0.05, 0.1) is 0 Å². The molecule has 180 valence electrons. The van der Waals surface area contributed by atoms with Gasteiger partial charge in [-0.1, -0.05) is 0 Å². The second-order valence-corrected chi connectivity index (χ2v) is 9.64. The van der Waals surface area contributed by atoms with E-state index in [0.717, 1.165) is 79.5 Å². The maximum absolute atomic E-state index is 12.6. The number of nitrogens with one attached hydrogen (secondary N) is 3. The number of fused-ring (bicyclic) bond motifs is 1. The molecule has 0 bridgehead atoms. The molecule has 1 unspecified atom stereocenters. The summed E-state index contributed by atoms with van der Waals surface area (Å²) >= 11 is 0. The Bertz CT molecular complexity index is 852. The quantitative estimate of drug-likeness (QED) is 0.324. The number of hydrogen-bond donors (Lipinski definition) is 5. The summed E-state index contributed by atoms with van der Waals surface area (Å²) in [6.07, 6.45) is 6.25. The number of rotatable bonds is 6. The van der Waals surface area contributed by atoms with Gasteiger partial charge in [0.25, 0.3) is 0 Å². The fourth-order valence-corrected chi connectivity index (χ4v) is 4.95. The van der Waals surface area contributed by atoms with Gasteiger partial charge in [0.2, 0.25) is 5.91 Å². The monoisotopic (exact) mass is 466 g/mol. The molecular formula is C24H39ClN4O3. The van der Waals surface area contributed by atoms with Crippen LogP contribution in [0.5, 0.6) is 11.5 Å². The number of guanidine groups is 1. The number of benzene rings is 1. The van der Waals surface area contributed by atoms with Crippen LogP contribution in [0.3, 0.4) is 0 Å². The Kier molecular flexibility index (Phi) is 8.68. The van der Waals surface area contributed by atoms with E-state index in [1.54, 1.807) is 0 Å². The van der Waals surface area contributed by atoms with E-state index in [9.17, 15) is 9.90 Å². The molecule has 1 aromatic carbocycles. The standard InChI is InChI=1S/C24H38N4O3.ClH/c1-14-15(2)21-19(16(3)20(14)29)9-10-24(4,31-21)11-12-27-22(30)18-7-5-17(6-8-18)13-28-23(25)26;/h17-18,29H,5-13H2,1-4H3,(H,27,30)(H4,25,26,28);1H. The highest BCUT2D eigenvalue weighted by Gasteiger charge is 2.35. The second kappa shape index (κ2) is 10.6. The lowest BCUT2D eigenvalue weighted by Gasteiger charge is -2.38. The molecule has 32 heavy (non-hydrogen) atoms. The minimum atomic E-state index is -0.323. The smallest absolute Gasteiger partial charge is 0.223 e. The van der Waals surface area contributed by atoms with Crippen molar-refractivity contribution < 1.29 is 14.6 Å². The molecule has 1 fully saturated rings. The van der Waals surface area contributed by atoms with Crippen LogP contribution in [0.15, 0.2) is 0 Å². The summed E-state index contributed by atoms with van der Waals surface area (Å²) in [5.41, 5.74) is 8.94. The zero-order valence-corrected chi connectivity index (χ0v) is 20.6. The number of halogens is 1. The van der Waals surface area contributed by atoms with Gasteiger partial charge in [0.1, 0.15) is 17.1 Å². The van der Waals surface area contributed by atoms with E-state index in [4.69, 9.17) is 15.9 Å². The summed E-state index contributed by atoms with van der Waals surface area (Å²) in [7, 11) is 0. The summed E-state index contributed by atoms with van der Waals surface area (Å²) in [5, 5.41) is 23.6. The van der Waals surface area contributed by atoms with Crippen molar-refractivity contribution in [2.45, 2.75) is 78.2 Å². The van der Waals surface area contributed by atoms with E-state index in [1.165, 1.54) is 0 Å². The molecule has 8 heteroatoms. The summed E-state index contributed by atoms with van der Waals surface area (Å²) in [4.78, 5) is 12.6. The third-order valence-corrected chi connectivity index (χ3v) is 7.34. The van der Waals surface area contributed by atoms with Crippen molar-refractivity contribution in [1.29, 1.82) is 5.41 Å².